The minimum absolute atomic E-state index is 0.0109. The van der Waals surface area contributed by atoms with Gasteiger partial charge >= 0.3 is 0 Å². The number of hydrogen-bond donors (Lipinski definition) is 0. The smallest absolute Gasteiger partial charge is 0.253 e. The Morgan fingerprint density at radius 2 is 1.45 bits per heavy atom. The molecule has 4 rings (SSSR count). The van der Waals surface area contributed by atoms with Gasteiger partial charge in [-0.1, -0.05) is 11.6 Å². The van der Waals surface area contributed by atoms with Crippen molar-refractivity contribution in [3.05, 3.63) is 59.4 Å². The van der Waals surface area contributed by atoms with Gasteiger partial charge in [0.05, 0.1) is 0 Å². The number of nitrogens with zero attached hydrogens (tertiary/aromatic N) is 4. The molecule has 0 atom stereocenters. The highest BCUT2D eigenvalue weighted by atomic mass is 35.5. The van der Waals surface area contributed by atoms with Crippen LogP contribution in [0.1, 0.15) is 23.2 Å². The van der Waals surface area contributed by atoms with Crippen molar-refractivity contribution in [3.63, 3.8) is 0 Å². The van der Waals surface area contributed by atoms with Gasteiger partial charge in [-0.15, -0.1) is 0 Å². The summed E-state index contributed by atoms with van der Waals surface area (Å²) in [5.74, 6) is 0.258. The molecule has 2 aliphatic rings. The van der Waals surface area contributed by atoms with E-state index in [9.17, 15) is 9.59 Å². The van der Waals surface area contributed by atoms with E-state index >= 15 is 0 Å². The Morgan fingerprint density at radius 1 is 0.828 bits per heavy atom. The number of carbonyl (C=O) groups excluding carboxylic acids is 2. The fourth-order valence-electron chi connectivity index (χ4n) is 4.10. The van der Waals surface area contributed by atoms with Crippen molar-refractivity contribution in [2.24, 2.45) is 5.92 Å². The van der Waals surface area contributed by atoms with Gasteiger partial charge in [0.25, 0.3) is 5.91 Å². The average Bonchev–Trinajstić information content (AvgIpc) is 2.79. The number of halogens is 1. The monoisotopic (exact) mass is 412 g/mol. The Bertz CT molecular complexity index is 843. The molecule has 2 aromatic rings. The lowest BCUT2D eigenvalue weighted by Gasteiger charge is -2.39. The lowest BCUT2D eigenvalue weighted by Crippen LogP contribution is -2.52. The van der Waals surface area contributed by atoms with Gasteiger partial charge in [0, 0.05) is 73.9 Å². The van der Waals surface area contributed by atoms with E-state index in [-0.39, 0.29) is 17.7 Å². The van der Waals surface area contributed by atoms with Crippen LogP contribution in [0.2, 0.25) is 5.02 Å². The molecule has 1 aromatic heterocycles. The first kappa shape index (κ1) is 19.7. The third-order valence-electron chi connectivity index (χ3n) is 5.84. The van der Waals surface area contributed by atoms with Crippen LogP contribution in [-0.4, -0.2) is 65.9 Å². The van der Waals surface area contributed by atoms with Gasteiger partial charge < -0.3 is 14.7 Å². The van der Waals surface area contributed by atoms with E-state index in [4.69, 9.17) is 11.6 Å². The van der Waals surface area contributed by atoms with Gasteiger partial charge in [-0.05, 0) is 49.2 Å². The number of pyridine rings is 1. The molecule has 0 aliphatic carbocycles. The first-order valence-electron chi connectivity index (χ1n) is 10.1. The number of hydrogen-bond acceptors (Lipinski definition) is 4. The maximum atomic E-state index is 13.0. The third kappa shape index (κ3) is 4.53. The fraction of sp³-hybridized carbons (Fsp3) is 0.409. The van der Waals surface area contributed by atoms with Crippen LogP contribution in [0.25, 0.3) is 0 Å². The van der Waals surface area contributed by atoms with Crippen LogP contribution in [0, 0.1) is 5.92 Å². The van der Waals surface area contributed by atoms with Gasteiger partial charge in [-0.2, -0.15) is 0 Å². The molecule has 2 fully saturated rings. The molecule has 2 aliphatic heterocycles. The Balaban J connectivity index is 1.27. The van der Waals surface area contributed by atoms with Crippen LogP contribution in [0.3, 0.4) is 0 Å². The Labute approximate surface area is 176 Å². The Kier molecular flexibility index (Phi) is 6.00. The molecule has 0 bridgehead atoms. The lowest BCUT2D eigenvalue weighted by atomic mass is 9.94. The quantitative estimate of drug-likeness (QED) is 0.777. The van der Waals surface area contributed by atoms with Crippen LogP contribution in [0.15, 0.2) is 48.8 Å². The minimum atomic E-state index is 0.0109. The molecule has 6 nitrogen and oxygen atoms in total. The average molecular weight is 413 g/mol. The molecule has 0 radical (unpaired) electrons. The number of piperidine rings is 1. The summed E-state index contributed by atoms with van der Waals surface area (Å²) in [5.41, 5.74) is 1.80. The predicted octanol–water partition coefficient (Wildman–Crippen LogP) is 2.94. The summed E-state index contributed by atoms with van der Waals surface area (Å²) in [6.45, 7) is 4.40. The van der Waals surface area contributed by atoms with Crippen LogP contribution < -0.4 is 4.90 Å². The van der Waals surface area contributed by atoms with E-state index in [1.165, 1.54) is 0 Å². The van der Waals surface area contributed by atoms with Crippen LogP contribution in [0.4, 0.5) is 5.69 Å². The molecular formula is C22H25ClN4O2. The van der Waals surface area contributed by atoms with E-state index in [1.54, 1.807) is 36.7 Å². The molecular weight excluding hydrogens is 388 g/mol. The molecule has 1 aromatic carbocycles. The molecule has 7 heteroatoms. The largest absolute Gasteiger partial charge is 0.368 e. The standard InChI is InChI=1S/C22H25ClN4O2/c23-19-3-1-17(2-4-19)21(28)26-11-7-18(8-12-26)22(29)27-15-13-25(14-16-27)20-5-9-24-10-6-20/h1-6,9-10,18H,7-8,11-16H2. The number of likely N-dealkylation sites (tertiary alicyclic amines) is 1. The molecule has 0 spiro atoms. The van der Waals surface area contributed by atoms with Crippen molar-refractivity contribution in [2.75, 3.05) is 44.2 Å². The number of rotatable bonds is 3. The topological polar surface area (TPSA) is 56.8 Å². The summed E-state index contributed by atoms with van der Waals surface area (Å²) in [6, 6.07) is 11.0. The van der Waals surface area contributed by atoms with Crippen LogP contribution in [-0.2, 0) is 4.79 Å². The highest BCUT2D eigenvalue weighted by Crippen LogP contribution is 2.23. The van der Waals surface area contributed by atoms with Crippen molar-refractivity contribution in [2.45, 2.75) is 12.8 Å². The highest BCUT2D eigenvalue weighted by molar-refractivity contribution is 6.30. The fourth-order valence-corrected chi connectivity index (χ4v) is 4.23. The number of carbonyl (C=O) groups is 2. The maximum Gasteiger partial charge on any atom is 0.253 e. The van der Waals surface area contributed by atoms with E-state index in [2.05, 4.69) is 9.88 Å². The number of aromatic nitrogens is 1. The first-order chi connectivity index (χ1) is 14.1. The molecule has 2 saturated heterocycles. The lowest BCUT2D eigenvalue weighted by molar-refractivity contribution is -0.137. The Morgan fingerprint density at radius 3 is 2.07 bits per heavy atom. The molecule has 2 amide bonds. The van der Waals surface area contributed by atoms with E-state index in [0.717, 1.165) is 44.7 Å². The molecule has 3 heterocycles. The Hall–Kier alpha value is -2.60. The second-order valence-corrected chi connectivity index (χ2v) is 8.03. The van der Waals surface area contributed by atoms with Gasteiger partial charge in [0.1, 0.15) is 0 Å². The van der Waals surface area contributed by atoms with Gasteiger partial charge in [0.2, 0.25) is 5.91 Å². The molecule has 0 unspecified atom stereocenters. The maximum absolute atomic E-state index is 13.0. The first-order valence-corrected chi connectivity index (χ1v) is 10.5. The summed E-state index contributed by atoms with van der Waals surface area (Å²) < 4.78 is 0. The van der Waals surface area contributed by atoms with Crippen molar-refractivity contribution in [1.82, 2.24) is 14.8 Å². The second kappa shape index (κ2) is 8.82. The van der Waals surface area contributed by atoms with Gasteiger partial charge in [-0.3, -0.25) is 14.6 Å². The number of anilines is 1. The molecule has 0 saturated carbocycles. The summed E-state index contributed by atoms with van der Waals surface area (Å²) in [7, 11) is 0. The normalized spacial score (nSPS) is 18.0. The second-order valence-electron chi connectivity index (χ2n) is 7.59. The number of amides is 2. The zero-order valence-corrected chi connectivity index (χ0v) is 17.1. The molecule has 29 heavy (non-hydrogen) atoms. The number of piperazine rings is 1. The van der Waals surface area contributed by atoms with Crippen molar-refractivity contribution >= 4 is 29.1 Å². The van der Waals surface area contributed by atoms with E-state index in [1.807, 2.05) is 21.9 Å². The van der Waals surface area contributed by atoms with Crippen LogP contribution in [0.5, 0.6) is 0 Å². The molecule has 152 valence electrons. The van der Waals surface area contributed by atoms with E-state index < -0.39 is 0 Å². The summed E-state index contributed by atoms with van der Waals surface area (Å²) in [5, 5.41) is 0.620. The SMILES string of the molecule is O=C(c1ccc(Cl)cc1)N1CCC(C(=O)N2CCN(c3ccncc3)CC2)CC1. The zero-order chi connectivity index (χ0) is 20.2. The van der Waals surface area contributed by atoms with Crippen molar-refractivity contribution in [3.8, 4) is 0 Å². The molecule has 0 N–H and O–H groups in total. The van der Waals surface area contributed by atoms with Crippen molar-refractivity contribution < 1.29 is 9.59 Å². The van der Waals surface area contributed by atoms with Gasteiger partial charge in [0.15, 0.2) is 0 Å². The zero-order valence-electron chi connectivity index (χ0n) is 16.3. The summed E-state index contributed by atoms with van der Waals surface area (Å²) >= 11 is 5.90. The highest BCUT2D eigenvalue weighted by Gasteiger charge is 2.32. The summed E-state index contributed by atoms with van der Waals surface area (Å²) in [6.07, 6.45) is 5.05. The van der Waals surface area contributed by atoms with E-state index in [0.29, 0.717) is 23.7 Å². The predicted molar refractivity (Wildman–Crippen MR) is 113 cm³/mol. The van der Waals surface area contributed by atoms with Crippen LogP contribution >= 0.6 is 11.6 Å². The number of benzene rings is 1. The van der Waals surface area contributed by atoms with Crippen molar-refractivity contribution in [1.29, 1.82) is 0 Å². The minimum Gasteiger partial charge on any atom is -0.368 e. The summed E-state index contributed by atoms with van der Waals surface area (Å²) in [4.78, 5) is 35.8. The third-order valence-corrected chi connectivity index (χ3v) is 6.09. The van der Waals surface area contributed by atoms with Gasteiger partial charge in [-0.25, -0.2) is 0 Å².